The van der Waals surface area contributed by atoms with Gasteiger partial charge in [0, 0.05) is 24.0 Å². The summed E-state index contributed by atoms with van der Waals surface area (Å²) in [5.74, 6) is 0.696. The molecule has 0 fully saturated rings. The van der Waals surface area contributed by atoms with Crippen molar-refractivity contribution >= 4 is 10.9 Å². The minimum atomic E-state index is 0.321. The van der Waals surface area contributed by atoms with Crippen molar-refractivity contribution in [2.75, 3.05) is 6.54 Å². The van der Waals surface area contributed by atoms with E-state index < -0.39 is 0 Å². The van der Waals surface area contributed by atoms with Gasteiger partial charge in [0.1, 0.15) is 5.75 Å². The molecule has 0 atom stereocenters. The normalized spacial score (nSPS) is 10.7. The fourth-order valence-corrected chi connectivity index (χ4v) is 1.95. The van der Waals surface area contributed by atoms with Gasteiger partial charge >= 0.3 is 6.01 Å². The molecule has 0 aliphatic heterocycles. The van der Waals surface area contributed by atoms with E-state index in [1.165, 1.54) is 0 Å². The third-order valence-electron chi connectivity index (χ3n) is 2.92. The number of nitrogens with two attached hydrogens (primary N) is 1. The topological polar surface area (TPSA) is 73.9 Å². The van der Waals surface area contributed by atoms with Crippen LogP contribution in [0.1, 0.15) is 5.56 Å². The number of hydrogen-bond acceptors (Lipinski definition) is 5. The molecule has 5 heteroatoms. The molecule has 0 unspecified atom stereocenters. The predicted octanol–water partition coefficient (Wildman–Crippen LogP) is 2.32. The van der Waals surface area contributed by atoms with Crippen molar-refractivity contribution in [1.29, 1.82) is 0 Å². The van der Waals surface area contributed by atoms with Gasteiger partial charge in [0.05, 0.1) is 5.52 Å². The highest BCUT2D eigenvalue weighted by Gasteiger charge is 2.05. The lowest BCUT2D eigenvalue weighted by Crippen LogP contribution is -2.03. The highest BCUT2D eigenvalue weighted by Crippen LogP contribution is 2.26. The number of aromatic nitrogens is 3. The van der Waals surface area contributed by atoms with Crippen molar-refractivity contribution in [2.45, 2.75) is 6.42 Å². The minimum Gasteiger partial charge on any atom is -0.424 e. The number of benzene rings is 1. The lowest BCUT2D eigenvalue weighted by molar-refractivity contribution is 0.446. The van der Waals surface area contributed by atoms with Gasteiger partial charge in [-0.3, -0.25) is 4.98 Å². The second-order valence-corrected chi connectivity index (χ2v) is 4.34. The van der Waals surface area contributed by atoms with Gasteiger partial charge in [-0.2, -0.15) is 0 Å². The maximum absolute atomic E-state index is 5.73. The van der Waals surface area contributed by atoms with E-state index in [4.69, 9.17) is 10.5 Å². The third kappa shape index (κ3) is 2.57. The molecule has 5 nitrogen and oxygen atoms in total. The van der Waals surface area contributed by atoms with Crippen LogP contribution in [-0.4, -0.2) is 21.5 Å². The first-order chi connectivity index (χ1) is 9.86. The first-order valence-electron chi connectivity index (χ1n) is 6.39. The maximum Gasteiger partial charge on any atom is 0.321 e. The van der Waals surface area contributed by atoms with Crippen LogP contribution in [0.4, 0.5) is 0 Å². The molecular formula is C15H14N4O. The van der Waals surface area contributed by atoms with Gasteiger partial charge in [-0.05, 0) is 42.8 Å². The van der Waals surface area contributed by atoms with Gasteiger partial charge in [-0.1, -0.05) is 6.07 Å². The Bertz CT molecular complexity index is 707. The van der Waals surface area contributed by atoms with Crippen LogP contribution < -0.4 is 10.5 Å². The molecule has 0 spiro atoms. The smallest absolute Gasteiger partial charge is 0.321 e. The van der Waals surface area contributed by atoms with Crippen LogP contribution in [-0.2, 0) is 6.42 Å². The fraction of sp³-hybridized carbons (Fsp3) is 0.133. The van der Waals surface area contributed by atoms with E-state index in [-0.39, 0.29) is 0 Å². The van der Waals surface area contributed by atoms with Crippen LogP contribution in [0.3, 0.4) is 0 Å². The SMILES string of the molecule is NCCc1cnc(Oc2cccc3ncccc23)nc1. The summed E-state index contributed by atoms with van der Waals surface area (Å²) in [6.07, 6.45) is 5.99. The largest absolute Gasteiger partial charge is 0.424 e. The highest BCUT2D eigenvalue weighted by atomic mass is 16.5. The van der Waals surface area contributed by atoms with Gasteiger partial charge in [-0.15, -0.1) is 0 Å². The zero-order valence-corrected chi connectivity index (χ0v) is 10.9. The second kappa shape index (κ2) is 5.63. The van der Waals surface area contributed by atoms with Crippen molar-refractivity contribution < 1.29 is 4.74 Å². The van der Waals surface area contributed by atoms with E-state index in [1.54, 1.807) is 18.6 Å². The maximum atomic E-state index is 5.73. The molecule has 0 saturated carbocycles. The van der Waals surface area contributed by atoms with E-state index in [2.05, 4.69) is 15.0 Å². The molecule has 0 aliphatic carbocycles. The number of nitrogens with zero attached hydrogens (tertiary/aromatic N) is 3. The molecule has 0 aliphatic rings. The molecule has 0 amide bonds. The summed E-state index contributed by atoms with van der Waals surface area (Å²) in [4.78, 5) is 12.7. The number of fused-ring (bicyclic) bond motifs is 1. The zero-order valence-electron chi connectivity index (χ0n) is 10.9. The summed E-state index contributed by atoms with van der Waals surface area (Å²) in [7, 11) is 0. The Hall–Kier alpha value is -2.53. The predicted molar refractivity (Wildman–Crippen MR) is 76.6 cm³/mol. The molecular weight excluding hydrogens is 252 g/mol. The first-order valence-corrected chi connectivity index (χ1v) is 6.39. The standard InChI is InChI=1S/C15H14N4O/c16-7-6-11-9-18-15(19-10-11)20-14-5-1-4-13-12(14)3-2-8-17-13/h1-5,8-10H,6-7,16H2. The van der Waals surface area contributed by atoms with Crippen molar-refractivity contribution in [1.82, 2.24) is 15.0 Å². The third-order valence-corrected chi connectivity index (χ3v) is 2.92. The summed E-state index contributed by atoms with van der Waals surface area (Å²) in [5, 5.41) is 0.935. The van der Waals surface area contributed by atoms with Gasteiger partial charge in [0.2, 0.25) is 0 Å². The van der Waals surface area contributed by atoms with Crippen LogP contribution in [0.15, 0.2) is 48.9 Å². The summed E-state index contributed by atoms with van der Waals surface area (Å²) in [5.41, 5.74) is 7.37. The molecule has 2 aromatic heterocycles. The Morgan fingerprint density at radius 2 is 1.85 bits per heavy atom. The van der Waals surface area contributed by atoms with Crippen molar-refractivity contribution in [2.24, 2.45) is 5.73 Å². The summed E-state index contributed by atoms with van der Waals surface area (Å²) < 4.78 is 5.73. The zero-order chi connectivity index (χ0) is 13.8. The van der Waals surface area contributed by atoms with Crippen molar-refractivity contribution in [3.63, 3.8) is 0 Å². The van der Waals surface area contributed by atoms with Gasteiger partial charge in [-0.25, -0.2) is 9.97 Å². The Morgan fingerprint density at radius 3 is 2.65 bits per heavy atom. The van der Waals surface area contributed by atoms with Crippen LogP contribution in [0.25, 0.3) is 10.9 Å². The fourth-order valence-electron chi connectivity index (χ4n) is 1.95. The van der Waals surface area contributed by atoms with Crippen molar-refractivity contribution in [3.05, 3.63) is 54.5 Å². The Morgan fingerprint density at radius 1 is 1.00 bits per heavy atom. The van der Waals surface area contributed by atoms with Gasteiger partial charge in [0.25, 0.3) is 0 Å². The second-order valence-electron chi connectivity index (χ2n) is 4.34. The molecule has 1 aromatic carbocycles. The number of hydrogen-bond donors (Lipinski definition) is 1. The van der Waals surface area contributed by atoms with Gasteiger partial charge < -0.3 is 10.5 Å². The Balaban J connectivity index is 1.89. The summed E-state index contributed by atoms with van der Waals surface area (Å²) in [6.45, 7) is 0.582. The number of pyridine rings is 1. The number of ether oxygens (including phenoxy) is 1. The highest BCUT2D eigenvalue weighted by molar-refractivity contribution is 5.84. The number of rotatable bonds is 4. The average Bonchev–Trinajstić information content (AvgIpc) is 2.50. The monoisotopic (exact) mass is 266 g/mol. The lowest BCUT2D eigenvalue weighted by atomic mass is 10.2. The van der Waals surface area contributed by atoms with E-state index in [0.29, 0.717) is 18.3 Å². The Kier molecular flexibility index (Phi) is 3.52. The summed E-state index contributed by atoms with van der Waals surface area (Å²) in [6, 6.07) is 9.87. The van der Waals surface area contributed by atoms with E-state index in [9.17, 15) is 0 Å². The van der Waals surface area contributed by atoms with Gasteiger partial charge in [0.15, 0.2) is 0 Å². The van der Waals surface area contributed by atoms with Crippen LogP contribution in [0.5, 0.6) is 11.8 Å². The molecule has 3 rings (SSSR count). The van der Waals surface area contributed by atoms with Crippen LogP contribution in [0.2, 0.25) is 0 Å². The molecule has 3 aromatic rings. The van der Waals surface area contributed by atoms with E-state index >= 15 is 0 Å². The molecule has 20 heavy (non-hydrogen) atoms. The Labute approximate surface area is 116 Å². The molecule has 2 N–H and O–H groups in total. The van der Waals surface area contributed by atoms with E-state index in [0.717, 1.165) is 22.9 Å². The molecule has 0 bridgehead atoms. The molecule has 2 heterocycles. The van der Waals surface area contributed by atoms with E-state index in [1.807, 2.05) is 30.3 Å². The average molecular weight is 266 g/mol. The quantitative estimate of drug-likeness (QED) is 0.784. The molecule has 100 valence electrons. The minimum absolute atomic E-state index is 0.321. The van der Waals surface area contributed by atoms with Crippen LogP contribution >= 0.6 is 0 Å². The molecule has 0 radical (unpaired) electrons. The van der Waals surface area contributed by atoms with Crippen molar-refractivity contribution in [3.8, 4) is 11.8 Å². The summed E-state index contributed by atoms with van der Waals surface area (Å²) >= 11 is 0. The van der Waals surface area contributed by atoms with Crippen LogP contribution in [0, 0.1) is 0 Å². The first kappa shape index (κ1) is 12.5. The molecule has 0 saturated heterocycles. The lowest BCUT2D eigenvalue weighted by Gasteiger charge is -2.07.